The highest BCUT2D eigenvalue weighted by atomic mass is 35.5. The monoisotopic (exact) mass is 343 g/mol. The first-order chi connectivity index (χ1) is 10.8. The topological polar surface area (TPSA) is 62.8 Å². The number of carbonyl (C=O) groups is 1. The van der Waals surface area contributed by atoms with Gasteiger partial charge in [-0.1, -0.05) is 11.6 Å². The summed E-state index contributed by atoms with van der Waals surface area (Å²) in [5, 5.41) is 10.3. The third-order valence-corrected chi connectivity index (χ3v) is 2.93. The van der Waals surface area contributed by atoms with Crippen molar-refractivity contribution in [3.8, 4) is 0 Å². The van der Waals surface area contributed by atoms with Gasteiger partial charge in [-0.05, 0) is 36.4 Å². The average molecular weight is 344 g/mol. The summed E-state index contributed by atoms with van der Waals surface area (Å²) in [5.41, 5.74) is -0.767. The zero-order valence-electron chi connectivity index (χ0n) is 11.3. The van der Waals surface area contributed by atoms with Crippen LogP contribution < -0.4 is 0 Å². The molecule has 0 spiro atoms. The maximum absolute atomic E-state index is 12.7. The van der Waals surface area contributed by atoms with E-state index in [1.807, 2.05) is 0 Å². The first-order valence-electron chi connectivity index (χ1n) is 6.17. The first-order valence-corrected chi connectivity index (χ1v) is 6.55. The van der Waals surface area contributed by atoms with Gasteiger partial charge in [-0.25, -0.2) is 0 Å². The number of benzene rings is 1. The highest BCUT2D eigenvalue weighted by Gasteiger charge is 2.42. The number of ketones is 1. The zero-order valence-corrected chi connectivity index (χ0v) is 12.1. The molecule has 0 aliphatic carbocycles. The van der Waals surface area contributed by atoms with E-state index < -0.39 is 23.3 Å². The minimum Gasteiger partial charge on any atom is -0.504 e. The lowest BCUT2D eigenvalue weighted by Crippen LogP contribution is -2.26. The summed E-state index contributed by atoms with van der Waals surface area (Å²) in [7, 11) is 0. The molecule has 0 bridgehead atoms. The second-order valence-electron chi connectivity index (χ2n) is 4.30. The molecule has 0 fully saturated rings. The molecule has 23 heavy (non-hydrogen) atoms. The van der Waals surface area contributed by atoms with Gasteiger partial charge in [0, 0.05) is 11.2 Å². The fourth-order valence-corrected chi connectivity index (χ4v) is 1.72. The Balaban J connectivity index is 2.44. The highest BCUT2D eigenvalue weighted by Crippen LogP contribution is 2.26. The van der Waals surface area contributed by atoms with Crippen molar-refractivity contribution in [2.24, 2.45) is 4.99 Å². The molecule has 1 heterocycles. The van der Waals surface area contributed by atoms with Gasteiger partial charge in [-0.3, -0.25) is 9.79 Å². The number of rotatable bonds is 4. The molecule has 1 aromatic carbocycles. The van der Waals surface area contributed by atoms with Crippen LogP contribution in [-0.4, -0.2) is 23.3 Å². The van der Waals surface area contributed by atoms with Crippen molar-refractivity contribution >= 4 is 35.0 Å². The molecule has 0 saturated heterocycles. The molecule has 120 valence electrons. The Labute approximate surface area is 133 Å². The van der Waals surface area contributed by atoms with E-state index >= 15 is 0 Å². The van der Waals surface area contributed by atoms with Crippen LogP contribution in [0.4, 0.5) is 18.9 Å². The highest BCUT2D eigenvalue weighted by molar-refractivity contribution is 6.30. The summed E-state index contributed by atoms with van der Waals surface area (Å²) in [6.07, 6.45) is -3.38. The standard InChI is InChI=1S/C15H9ClF3NO3/c16-9-3-5-10(6-4-9)20-8-11(14(22)15(17,18)19)13(21)12-2-1-7-23-12/h1-8,21H. The van der Waals surface area contributed by atoms with Crippen molar-refractivity contribution in [3.63, 3.8) is 0 Å². The zero-order chi connectivity index (χ0) is 17.0. The fourth-order valence-electron chi connectivity index (χ4n) is 1.59. The van der Waals surface area contributed by atoms with E-state index in [1.54, 1.807) is 0 Å². The van der Waals surface area contributed by atoms with Gasteiger partial charge in [-0.15, -0.1) is 0 Å². The molecular formula is C15H9ClF3NO3. The molecule has 2 rings (SSSR count). The summed E-state index contributed by atoms with van der Waals surface area (Å²) in [6.45, 7) is 0. The minimum absolute atomic E-state index is 0.258. The van der Waals surface area contributed by atoms with Crippen LogP contribution in [0.15, 0.2) is 57.6 Å². The molecule has 0 saturated carbocycles. The number of halogens is 4. The van der Waals surface area contributed by atoms with Gasteiger partial charge in [-0.2, -0.15) is 13.2 Å². The van der Waals surface area contributed by atoms with Crippen molar-refractivity contribution < 1.29 is 27.5 Å². The molecule has 0 aliphatic rings. The van der Waals surface area contributed by atoms with Crippen molar-refractivity contribution in [1.82, 2.24) is 0 Å². The van der Waals surface area contributed by atoms with Gasteiger partial charge in [0.05, 0.1) is 17.5 Å². The van der Waals surface area contributed by atoms with E-state index in [9.17, 15) is 23.1 Å². The van der Waals surface area contributed by atoms with Gasteiger partial charge in [0.25, 0.3) is 5.78 Å². The smallest absolute Gasteiger partial charge is 0.455 e. The van der Waals surface area contributed by atoms with Crippen LogP contribution in [0.5, 0.6) is 0 Å². The van der Waals surface area contributed by atoms with E-state index in [-0.39, 0.29) is 11.4 Å². The van der Waals surface area contributed by atoms with Gasteiger partial charge in [0.15, 0.2) is 11.5 Å². The van der Waals surface area contributed by atoms with Crippen LogP contribution >= 0.6 is 11.6 Å². The summed E-state index contributed by atoms with van der Waals surface area (Å²) in [4.78, 5) is 15.2. The Morgan fingerprint density at radius 3 is 2.39 bits per heavy atom. The maximum atomic E-state index is 12.7. The Morgan fingerprint density at radius 1 is 1.22 bits per heavy atom. The second kappa shape index (κ2) is 6.70. The lowest BCUT2D eigenvalue weighted by molar-refractivity contribution is -0.165. The first kappa shape index (κ1) is 16.8. The summed E-state index contributed by atoms with van der Waals surface area (Å²) in [5.74, 6) is -3.46. The minimum atomic E-state index is -5.16. The number of aliphatic imine (C=N–C) groups is 1. The van der Waals surface area contributed by atoms with Crippen molar-refractivity contribution in [2.75, 3.05) is 0 Å². The number of carbonyl (C=O) groups excluding carboxylic acids is 1. The molecule has 0 amide bonds. The summed E-state index contributed by atoms with van der Waals surface area (Å²) < 4.78 is 42.8. The molecule has 8 heteroatoms. The Kier molecular flexibility index (Phi) is 4.90. The number of alkyl halides is 3. The summed E-state index contributed by atoms with van der Waals surface area (Å²) >= 11 is 5.69. The van der Waals surface area contributed by atoms with Crippen molar-refractivity contribution in [3.05, 3.63) is 59.0 Å². The molecule has 0 unspecified atom stereocenters. The third kappa shape index (κ3) is 4.23. The second-order valence-corrected chi connectivity index (χ2v) is 4.74. The maximum Gasteiger partial charge on any atom is 0.455 e. The average Bonchev–Trinajstić information content (AvgIpc) is 3.02. The van der Waals surface area contributed by atoms with Crippen LogP contribution in [-0.2, 0) is 4.79 Å². The van der Waals surface area contributed by atoms with Crippen LogP contribution in [0, 0.1) is 0 Å². The molecule has 1 aromatic heterocycles. The lowest BCUT2D eigenvalue weighted by Gasteiger charge is -2.07. The number of aliphatic hydroxyl groups excluding tert-OH is 1. The van der Waals surface area contributed by atoms with E-state index in [2.05, 4.69) is 4.99 Å². The van der Waals surface area contributed by atoms with Crippen LogP contribution in [0.2, 0.25) is 5.02 Å². The number of furan rings is 1. The van der Waals surface area contributed by atoms with Gasteiger partial charge < -0.3 is 9.52 Å². The predicted octanol–water partition coefficient (Wildman–Crippen LogP) is 4.74. The molecule has 0 radical (unpaired) electrons. The largest absolute Gasteiger partial charge is 0.504 e. The number of allylic oxidation sites excluding steroid dienone is 1. The summed E-state index contributed by atoms with van der Waals surface area (Å²) in [6, 6.07) is 8.43. The number of nitrogens with zero attached hydrogens (tertiary/aromatic N) is 1. The van der Waals surface area contributed by atoms with Gasteiger partial charge in [0.1, 0.15) is 0 Å². The lowest BCUT2D eigenvalue weighted by atomic mass is 10.1. The van der Waals surface area contributed by atoms with E-state index in [4.69, 9.17) is 16.0 Å². The van der Waals surface area contributed by atoms with Crippen molar-refractivity contribution in [1.29, 1.82) is 0 Å². The molecule has 0 aliphatic heterocycles. The SMILES string of the molecule is O=C(C(C=Nc1ccc(Cl)cc1)=C(O)c1ccco1)C(F)(F)F. The number of hydrogen-bond donors (Lipinski definition) is 1. The molecular weight excluding hydrogens is 335 g/mol. The predicted molar refractivity (Wildman–Crippen MR) is 78.9 cm³/mol. The fraction of sp³-hybridized carbons (Fsp3) is 0.0667. The van der Waals surface area contributed by atoms with E-state index in [1.165, 1.54) is 36.4 Å². The molecule has 4 nitrogen and oxygen atoms in total. The van der Waals surface area contributed by atoms with E-state index in [0.717, 1.165) is 6.26 Å². The van der Waals surface area contributed by atoms with Crippen molar-refractivity contribution in [2.45, 2.75) is 6.18 Å². The molecule has 2 aromatic rings. The number of hydrogen-bond acceptors (Lipinski definition) is 4. The Hall–Kier alpha value is -2.54. The Morgan fingerprint density at radius 2 is 1.87 bits per heavy atom. The Bertz CT molecular complexity index is 747. The van der Waals surface area contributed by atoms with E-state index in [0.29, 0.717) is 11.2 Å². The van der Waals surface area contributed by atoms with Gasteiger partial charge >= 0.3 is 6.18 Å². The van der Waals surface area contributed by atoms with Crippen LogP contribution in [0.1, 0.15) is 5.76 Å². The quantitative estimate of drug-likeness (QED) is 0.495. The van der Waals surface area contributed by atoms with Crippen LogP contribution in [0.25, 0.3) is 5.76 Å². The normalized spacial score (nSPS) is 13.2. The molecule has 1 N–H and O–H groups in total. The van der Waals surface area contributed by atoms with Gasteiger partial charge in [0.2, 0.25) is 0 Å². The number of aliphatic hydroxyl groups is 1. The molecule has 0 atom stereocenters. The van der Waals surface area contributed by atoms with Crippen LogP contribution in [0.3, 0.4) is 0 Å². The third-order valence-electron chi connectivity index (χ3n) is 2.68. The number of Topliss-reactive ketones (excluding diaryl/α,β-unsaturated/α-hetero) is 1.